The maximum absolute atomic E-state index is 13.6. The second-order valence-corrected chi connectivity index (χ2v) is 10.0. The zero-order valence-electron chi connectivity index (χ0n) is 20.3. The lowest BCUT2D eigenvalue weighted by atomic mass is 10.2. The van der Waals surface area contributed by atoms with E-state index in [-0.39, 0.29) is 24.2 Å². The molecule has 0 bridgehead atoms. The molecule has 37 heavy (non-hydrogen) atoms. The number of carbonyl (C=O) groups excluding carboxylic acids is 1. The summed E-state index contributed by atoms with van der Waals surface area (Å²) in [7, 11) is -2.34. The van der Waals surface area contributed by atoms with Gasteiger partial charge in [-0.15, -0.1) is 0 Å². The van der Waals surface area contributed by atoms with Gasteiger partial charge in [0.25, 0.3) is 0 Å². The molecule has 1 aromatic carbocycles. The molecular formula is C23H26F3N7O3S. The van der Waals surface area contributed by atoms with Gasteiger partial charge in [-0.25, -0.2) is 18.4 Å². The summed E-state index contributed by atoms with van der Waals surface area (Å²) in [5.41, 5.74) is 0.320. The number of carbonyl (C=O) groups is 1. The van der Waals surface area contributed by atoms with E-state index in [0.29, 0.717) is 36.0 Å². The smallest absolute Gasteiger partial charge is 0.365 e. The summed E-state index contributed by atoms with van der Waals surface area (Å²) >= 11 is 0. The summed E-state index contributed by atoms with van der Waals surface area (Å²) in [6.45, 7) is 1.71. The number of amides is 1. The number of rotatable bonds is 10. The highest BCUT2D eigenvalue weighted by Crippen LogP contribution is 2.34. The molecule has 198 valence electrons. The number of hydrogen-bond acceptors (Lipinski definition) is 8. The van der Waals surface area contributed by atoms with E-state index in [1.807, 2.05) is 6.92 Å². The lowest BCUT2D eigenvalue weighted by Gasteiger charge is -2.20. The van der Waals surface area contributed by atoms with E-state index >= 15 is 0 Å². The van der Waals surface area contributed by atoms with Gasteiger partial charge in [0.05, 0.1) is 6.26 Å². The van der Waals surface area contributed by atoms with Crippen molar-refractivity contribution in [3.8, 4) is 0 Å². The largest absolute Gasteiger partial charge is 0.421 e. The number of nitrogens with one attached hydrogen (secondary N) is 3. The zero-order valence-corrected chi connectivity index (χ0v) is 21.1. The predicted molar refractivity (Wildman–Crippen MR) is 135 cm³/mol. The zero-order chi connectivity index (χ0) is 27.2. The average Bonchev–Trinajstić information content (AvgIpc) is 2.82. The summed E-state index contributed by atoms with van der Waals surface area (Å²) in [4.78, 5) is 23.5. The first kappa shape index (κ1) is 27.6. The third-order valence-electron chi connectivity index (χ3n) is 5.11. The SMILES string of the molecule is CCCC(=O)Nc1ccc(Nc2ncc(C(F)(F)F)c(NCc3cccnc3N(C)S(C)(=O)=O)n2)cc1. The molecule has 0 unspecified atom stereocenters. The first-order chi connectivity index (χ1) is 17.4. The van der Waals surface area contributed by atoms with E-state index in [1.165, 1.54) is 13.2 Å². The molecule has 2 heterocycles. The van der Waals surface area contributed by atoms with Crippen molar-refractivity contribution in [2.24, 2.45) is 0 Å². The number of aromatic nitrogens is 3. The quantitative estimate of drug-likeness (QED) is 0.348. The van der Waals surface area contributed by atoms with Gasteiger partial charge in [-0.3, -0.25) is 9.10 Å². The second kappa shape index (κ2) is 11.4. The van der Waals surface area contributed by atoms with Gasteiger partial charge in [-0.1, -0.05) is 13.0 Å². The fourth-order valence-electron chi connectivity index (χ4n) is 3.19. The number of halogens is 3. The summed E-state index contributed by atoms with van der Waals surface area (Å²) in [6.07, 6.45) is -0.599. The number of anilines is 5. The Kier molecular flexibility index (Phi) is 8.53. The average molecular weight is 538 g/mol. The van der Waals surface area contributed by atoms with Crippen LogP contribution in [-0.4, -0.2) is 42.6 Å². The van der Waals surface area contributed by atoms with Gasteiger partial charge < -0.3 is 16.0 Å². The number of benzene rings is 1. The molecule has 0 aliphatic carbocycles. The minimum atomic E-state index is -4.74. The maximum atomic E-state index is 13.6. The van der Waals surface area contributed by atoms with Crippen LogP contribution in [0.3, 0.4) is 0 Å². The Morgan fingerprint density at radius 2 is 1.76 bits per heavy atom. The first-order valence-corrected chi connectivity index (χ1v) is 13.0. The molecule has 3 aromatic rings. The van der Waals surface area contributed by atoms with Crippen LogP contribution in [0.15, 0.2) is 48.8 Å². The predicted octanol–water partition coefficient (Wildman–Crippen LogP) is 4.38. The van der Waals surface area contributed by atoms with Gasteiger partial charge in [-0.05, 0) is 36.8 Å². The van der Waals surface area contributed by atoms with Gasteiger partial charge in [0.2, 0.25) is 21.9 Å². The highest BCUT2D eigenvalue weighted by Gasteiger charge is 2.35. The van der Waals surface area contributed by atoms with Crippen molar-refractivity contribution in [1.29, 1.82) is 0 Å². The number of alkyl halides is 3. The van der Waals surface area contributed by atoms with Crippen molar-refractivity contribution in [3.63, 3.8) is 0 Å². The van der Waals surface area contributed by atoms with Crippen molar-refractivity contribution in [2.75, 3.05) is 33.6 Å². The van der Waals surface area contributed by atoms with E-state index in [9.17, 15) is 26.4 Å². The molecule has 0 fully saturated rings. The van der Waals surface area contributed by atoms with Crippen molar-refractivity contribution in [2.45, 2.75) is 32.5 Å². The van der Waals surface area contributed by atoms with Crippen LogP contribution in [0.4, 0.5) is 42.1 Å². The Morgan fingerprint density at radius 3 is 2.38 bits per heavy atom. The lowest BCUT2D eigenvalue weighted by Crippen LogP contribution is -2.27. The van der Waals surface area contributed by atoms with Gasteiger partial charge in [0.15, 0.2) is 0 Å². The van der Waals surface area contributed by atoms with E-state index in [2.05, 4.69) is 30.9 Å². The van der Waals surface area contributed by atoms with Crippen LogP contribution in [0.2, 0.25) is 0 Å². The highest BCUT2D eigenvalue weighted by atomic mass is 32.2. The van der Waals surface area contributed by atoms with Gasteiger partial charge in [-0.2, -0.15) is 18.2 Å². The van der Waals surface area contributed by atoms with Crippen LogP contribution in [-0.2, 0) is 27.5 Å². The molecule has 0 saturated heterocycles. The minimum Gasteiger partial charge on any atom is -0.365 e. The molecule has 3 rings (SSSR count). The van der Waals surface area contributed by atoms with Crippen molar-refractivity contribution >= 4 is 44.9 Å². The van der Waals surface area contributed by atoms with E-state index in [4.69, 9.17) is 0 Å². The van der Waals surface area contributed by atoms with Crippen molar-refractivity contribution < 1.29 is 26.4 Å². The number of hydrogen-bond donors (Lipinski definition) is 3. The summed E-state index contributed by atoms with van der Waals surface area (Å²) in [5, 5.41) is 8.21. The molecule has 0 spiro atoms. The number of pyridine rings is 1. The lowest BCUT2D eigenvalue weighted by molar-refractivity contribution is -0.137. The number of sulfonamides is 1. The molecule has 10 nitrogen and oxygen atoms in total. The fourth-order valence-corrected chi connectivity index (χ4v) is 3.67. The third kappa shape index (κ3) is 7.52. The Hall–Kier alpha value is -3.94. The summed E-state index contributed by atoms with van der Waals surface area (Å²) < 4.78 is 65.7. The Morgan fingerprint density at radius 1 is 1.08 bits per heavy atom. The second-order valence-electron chi connectivity index (χ2n) is 8.02. The van der Waals surface area contributed by atoms with Crippen LogP contribution in [0.5, 0.6) is 0 Å². The molecule has 14 heteroatoms. The monoisotopic (exact) mass is 537 g/mol. The fraction of sp³-hybridized carbons (Fsp3) is 0.304. The van der Waals surface area contributed by atoms with Crippen molar-refractivity contribution in [3.05, 3.63) is 59.9 Å². The van der Waals surface area contributed by atoms with Crippen LogP contribution in [0, 0.1) is 0 Å². The van der Waals surface area contributed by atoms with Crippen LogP contribution < -0.4 is 20.3 Å². The first-order valence-electron chi connectivity index (χ1n) is 11.1. The van der Waals surface area contributed by atoms with Crippen LogP contribution in [0.25, 0.3) is 0 Å². The van der Waals surface area contributed by atoms with Gasteiger partial charge >= 0.3 is 6.18 Å². The Balaban J connectivity index is 1.82. The molecule has 0 saturated carbocycles. The van der Waals surface area contributed by atoms with Gasteiger partial charge in [0, 0.05) is 49.3 Å². The molecule has 3 N–H and O–H groups in total. The standard InChI is InChI=1S/C23H26F3N7O3S/c1-4-6-19(34)30-16-8-10-17(11-9-16)31-22-29-14-18(23(24,25)26)20(32-22)28-13-15-7-5-12-27-21(15)33(2)37(3,35)36/h5,7-12,14H,4,6,13H2,1-3H3,(H,30,34)(H2,28,29,31,32). The molecule has 0 aliphatic heterocycles. The Bertz CT molecular complexity index is 1350. The van der Waals surface area contributed by atoms with Crippen LogP contribution in [0.1, 0.15) is 30.9 Å². The normalized spacial score (nSPS) is 11.6. The topological polar surface area (TPSA) is 129 Å². The highest BCUT2D eigenvalue weighted by molar-refractivity contribution is 7.92. The molecular weight excluding hydrogens is 511 g/mol. The summed E-state index contributed by atoms with van der Waals surface area (Å²) in [6, 6.07) is 9.62. The molecule has 2 aromatic heterocycles. The number of nitrogens with zero attached hydrogens (tertiary/aromatic N) is 4. The summed E-state index contributed by atoms with van der Waals surface area (Å²) in [5.74, 6) is -0.641. The molecule has 0 radical (unpaired) electrons. The van der Waals surface area contributed by atoms with E-state index < -0.39 is 27.6 Å². The third-order valence-corrected chi connectivity index (χ3v) is 6.27. The molecule has 0 aliphatic rings. The van der Waals surface area contributed by atoms with Crippen LogP contribution >= 0.6 is 0 Å². The Labute approximate surface area is 212 Å². The van der Waals surface area contributed by atoms with E-state index in [1.54, 1.807) is 36.4 Å². The molecule has 0 atom stereocenters. The van der Waals surface area contributed by atoms with E-state index in [0.717, 1.165) is 10.6 Å². The van der Waals surface area contributed by atoms with Gasteiger partial charge in [0.1, 0.15) is 17.2 Å². The maximum Gasteiger partial charge on any atom is 0.421 e. The van der Waals surface area contributed by atoms with Crippen molar-refractivity contribution in [1.82, 2.24) is 15.0 Å². The molecule has 1 amide bonds. The minimum absolute atomic E-state index is 0.0737.